The van der Waals surface area contributed by atoms with Crippen LogP contribution in [0.4, 0.5) is 23.2 Å². The van der Waals surface area contributed by atoms with Crippen LogP contribution in [0.25, 0.3) is 0 Å². The number of amides is 2. The zero-order valence-corrected chi connectivity index (χ0v) is 17.3. The van der Waals surface area contributed by atoms with Gasteiger partial charge in [0, 0.05) is 43.8 Å². The maximum absolute atomic E-state index is 14.1. The van der Waals surface area contributed by atoms with Gasteiger partial charge < -0.3 is 11.1 Å². The summed E-state index contributed by atoms with van der Waals surface area (Å²) in [5.74, 6) is -8.62. The number of alkyl halides is 4. The third kappa shape index (κ3) is 4.86. The molecule has 3 N–H and O–H groups in total. The molecule has 0 unspecified atom stereocenters. The highest BCUT2D eigenvalue weighted by molar-refractivity contribution is 6.04. The number of primary amides is 1. The van der Waals surface area contributed by atoms with Gasteiger partial charge in [-0.25, -0.2) is 8.78 Å². The SMILES string of the molecule is Cc1c(C(C)(F)F)nn(C[C@@H]2CC(F)(F)C[C@H]2C)c1C(=O)Nc1ccnc(C(N)=O)c1. The van der Waals surface area contributed by atoms with Crippen molar-refractivity contribution in [1.29, 1.82) is 0 Å². The Labute approximate surface area is 176 Å². The van der Waals surface area contributed by atoms with E-state index in [2.05, 4.69) is 15.4 Å². The number of aromatic nitrogens is 3. The van der Waals surface area contributed by atoms with Crippen LogP contribution in [0.15, 0.2) is 18.3 Å². The lowest BCUT2D eigenvalue weighted by molar-refractivity contribution is 0.00181. The summed E-state index contributed by atoms with van der Waals surface area (Å²) in [7, 11) is 0. The van der Waals surface area contributed by atoms with E-state index in [1.54, 1.807) is 6.92 Å². The first kappa shape index (κ1) is 22.7. The van der Waals surface area contributed by atoms with Gasteiger partial charge in [0.1, 0.15) is 17.1 Å². The number of anilines is 1. The summed E-state index contributed by atoms with van der Waals surface area (Å²) in [6.07, 6.45) is 0.551. The van der Waals surface area contributed by atoms with Crippen LogP contribution < -0.4 is 11.1 Å². The van der Waals surface area contributed by atoms with E-state index in [0.29, 0.717) is 6.92 Å². The Bertz CT molecular complexity index is 1020. The number of halogens is 4. The average Bonchev–Trinajstić information content (AvgIpc) is 3.10. The largest absolute Gasteiger partial charge is 0.364 e. The number of carbonyl (C=O) groups is 2. The van der Waals surface area contributed by atoms with E-state index < -0.39 is 41.7 Å². The molecule has 0 aliphatic heterocycles. The predicted molar refractivity (Wildman–Crippen MR) is 104 cm³/mol. The predicted octanol–water partition coefficient (Wildman–Crippen LogP) is 3.73. The fourth-order valence-corrected chi connectivity index (χ4v) is 3.99. The Kier molecular flexibility index (Phi) is 5.81. The molecule has 7 nitrogen and oxygen atoms in total. The van der Waals surface area contributed by atoms with Crippen LogP contribution in [-0.4, -0.2) is 32.5 Å². The fourth-order valence-electron chi connectivity index (χ4n) is 3.99. The number of nitrogens with two attached hydrogens (primary N) is 1. The molecule has 0 saturated heterocycles. The van der Waals surface area contributed by atoms with Gasteiger partial charge in [-0.15, -0.1) is 0 Å². The van der Waals surface area contributed by atoms with Crippen molar-refractivity contribution in [3.8, 4) is 0 Å². The molecule has 1 aliphatic rings. The van der Waals surface area contributed by atoms with Gasteiger partial charge in [-0.1, -0.05) is 6.92 Å². The van der Waals surface area contributed by atoms with Crippen molar-refractivity contribution in [2.45, 2.75) is 52.0 Å². The van der Waals surface area contributed by atoms with Crippen molar-refractivity contribution in [3.63, 3.8) is 0 Å². The van der Waals surface area contributed by atoms with Gasteiger partial charge in [0.15, 0.2) is 0 Å². The number of carbonyl (C=O) groups excluding carboxylic acids is 2. The molecule has 1 fully saturated rings. The van der Waals surface area contributed by atoms with E-state index in [1.807, 2.05) is 0 Å². The number of rotatable bonds is 6. The fraction of sp³-hybridized carbons (Fsp3) is 0.500. The molecule has 168 valence electrons. The molecule has 3 rings (SSSR count). The van der Waals surface area contributed by atoms with Gasteiger partial charge in [-0.05, 0) is 30.9 Å². The van der Waals surface area contributed by atoms with E-state index in [-0.39, 0.29) is 41.5 Å². The Morgan fingerprint density at radius 3 is 2.58 bits per heavy atom. The van der Waals surface area contributed by atoms with Gasteiger partial charge in [-0.3, -0.25) is 19.3 Å². The minimum Gasteiger partial charge on any atom is -0.364 e. The van der Waals surface area contributed by atoms with Crippen molar-refractivity contribution in [1.82, 2.24) is 14.8 Å². The standard InChI is InChI=1S/C20H23F4N5O2/c1-10-7-20(23,24)8-12(10)9-29-15(11(2)16(28-29)19(3,21)22)18(31)27-13-4-5-26-14(6-13)17(25)30/h4-6,10,12H,7-9H2,1-3H3,(H2,25,30)(H,26,27,31)/t10-,12+/m1/s1. The second kappa shape index (κ2) is 7.93. The Morgan fingerprint density at radius 1 is 1.35 bits per heavy atom. The molecule has 0 aromatic carbocycles. The smallest absolute Gasteiger partial charge is 0.289 e. The van der Waals surface area contributed by atoms with Crippen LogP contribution in [0, 0.1) is 18.8 Å². The highest BCUT2D eigenvalue weighted by Gasteiger charge is 2.45. The number of nitrogens with zero attached hydrogens (tertiary/aromatic N) is 3. The first-order valence-electron chi connectivity index (χ1n) is 9.69. The number of hydrogen-bond donors (Lipinski definition) is 2. The Balaban J connectivity index is 1.96. The minimum atomic E-state index is -3.33. The third-order valence-electron chi connectivity index (χ3n) is 5.48. The van der Waals surface area contributed by atoms with E-state index in [1.165, 1.54) is 25.3 Å². The molecule has 1 aliphatic carbocycles. The highest BCUT2D eigenvalue weighted by atomic mass is 19.3. The zero-order chi connectivity index (χ0) is 23.1. The maximum Gasteiger partial charge on any atom is 0.289 e. The highest BCUT2D eigenvalue weighted by Crippen LogP contribution is 2.44. The summed E-state index contributed by atoms with van der Waals surface area (Å²) in [4.78, 5) is 28.0. The first-order valence-corrected chi connectivity index (χ1v) is 9.69. The lowest BCUT2D eigenvalue weighted by Crippen LogP contribution is -2.23. The van der Waals surface area contributed by atoms with Crippen LogP contribution in [0.3, 0.4) is 0 Å². The molecule has 1 saturated carbocycles. The molecule has 2 amide bonds. The summed E-state index contributed by atoms with van der Waals surface area (Å²) >= 11 is 0. The molecular weight excluding hydrogens is 418 g/mol. The third-order valence-corrected chi connectivity index (χ3v) is 5.48. The molecule has 2 heterocycles. The monoisotopic (exact) mass is 441 g/mol. The van der Waals surface area contributed by atoms with Gasteiger partial charge in [0.25, 0.3) is 17.7 Å². The van der Waals surface area contributed by atoms with Crippen molar-refractivity contribution >= 4 is 17.5 Å². The van der Waals surface area contributed by atoms with Gasteiger partial charge in [-0.2, -0.15) is 13.9 Å². The van der Waals surface area contributed by atoms with Crippen LogP contribution in [0.5, 0.6) is 0 Å². The molecule has 31 heavy (non-hydrogen) atoms. The van der Waals surface area contributed by atoms with Gasteiger partial charge >= 0.3 is 0 Å². The number of hydrogen-bond acceptors (Lipinski definition) is 4. The van der Waals surface area contributed by atoms with Crippen molar-refractivity contribution in [2.24, 2.45) is 17.6 Å². The Morgan fingerprint density at radius 2 is 2.03 bits per heavy atom. The molecule has 0 radical (unpaired) electrons. The first-order chi connectivity index (χ1) is 14.3. The molecule has 0 spiro atoms. The van der Waals surface area contributed by atoms with Crippen molar-refractivity contribution in [2.75, 3.05) is 5.32 Å². The summed E-state index contributed by atoms with van der Waals surface area (Å²) in [6.45, 7) is 3.56. The van der Waals surface area contributed by atoms with Crippen molar-refractivity contribution in [3.05, 3.63) is 41.0 Å². The molecule has 2 aromatic heterocycles. The second-order valence-corrected chi connectivity index (χ2v) is 8.14. The topological polar surface area (TPSA) is 103 Å². The molecule has 11 heteroatoms. The summed E-state index contributed by atoms with van der Waals surface area (Å²) in [6, 6.07) is 2.64. The van der Waals surface area contributed by atoms with Crippen LogP contribution >= 0.6 is 0 Å². The summed E-state index contributed by atoms with van der Waals surface area (Å²) < 4.78 is 56.8. The van der Waals surface area contributed by atoms with E-state index in [4.69, 9.17) is 5.73 Å². The van der Waals surface area contributed by atoms with E-state index in [9.17, 15) is 27.2 Å². The Hall–Kier alpha value is -2.98. The summed E-state index contributed by atoms with van der Waals surface area (Å²) in [5, 5.41) is 6.42. The summed E-state index contributed by atoms with van der Waals surface area (Å²) in [5.41, 5.74) is 4.46. The second-order valence-electron chi connectivity index (χ2n) is 8.14. The minimum absolute atomic E-state index is 0.0495. The zero-order valence-electron chi connectivity index (χ0n) is 17.3. The number of pyridine rings is 1. The molecule has 2 aromatic rings. The van der Waals surface area contributed by atoms with Crippen LogP contribution in [0.1, 0.15) is 58.9 Å². The molecule has 2 atom stereocenters. The molecular formula is C20H23F4N5O2. The van der Waals surface area contributed by atoms with Crippen LogP contribution in [0.2, 0.25) is 0 Å². The van der Waals surface area contributed by atoms with Gasteiger partial charge in [0.05, 0.1) is 0 Å². The normalized spacial score (nSPS) is 20.6. The lowest BCUT2D eigenvalue weighted by Gasteiger charge is -2.17. The number of nitrogens with one attached hydrogen (secondary N) is 1. The van der Waals surface area contributed by atoms with E-state index >= 15 is 0 Å². The van der Waals surface area contributed by atoms with Crippen molar-refractivity contribution < 1.29 is 27.2 Å². The van der Waals surface area contributed by atoms with Gasteiger partial charge in [0.2, 0.25) is 5.92 Å². The average molecular weight is 441 g/mol. The van der Waals surface area contributed by atoms with E-state index in [0.717, 1.165) is 4.68 Å². The quantitative estimate of drug-likeness (QED) is 0.667. The lowest BCUT2D eigenvalue weighted by atomic mass is 9.98. The van der Waals surface area contributed by atoms with Crippen LogP contribution in [-0.2, 0) is 12.5 Å². The molecule has 0 bridgehead atoms. The maximum atomic E-state index is 14.1.